The molecule has 0 radical (unpaired) electrons. The summed E-state index contributed by atoms with van der Waals surface area (Å²) in [6.07, 6.45) is 4.07. The Morgan fingerprint density at radius 3 is 2.56 bits per heavy atom. The summed E-state index contributed by atoms with van der Waals surface area (Å²) in [5, 5.41) is 21.6. The molecule has 0 spiro atoms. The highest BCUT2D eigenvalue weighted by Gasteiger charge is 2.39. The summed E-state index contributed by atoms with van der Waals surface area (Å²) < 4.78 is 17.5. The van der Waals surface area contributed by atoms with Gasteiger partial charge >= 0.3 is 0 Å². The first-order valence-corrected chi connectivity index (χ1v) is 9.52. The maximum Gasteiger partial charge on any atom is 0.196 e. The number of hydrogen-bond acceptors (Lipinski definition) is 6. The third-order valence-electron chi connectivity index (χ3n) is 5.83. The number of fused-ring (bicyclic) bond motifs is 2. The Hall–Kier alpha value is -2.05. The molecule has 0 saturated heterocycles. The summed E-state index contributed by atoms with van der Waals surface area (Å²) in [6.45, 7) is 3.38. The fourth-order valence-corrected chi connectivity index (χ4v) is 4.22. The van der Waals surface area contributed by atoms with Crippen LogP contribution in [0.3, 0.4) is 0 Å². The van der Waals surface area contributed by atoms with Crippen LogP contribution in [0, 0.1) is 0 Å². The van der Waals surface area contributed by atoms with E-state index in [0.717, 1.165) is 24.8 Å². The van der Waals surface area contributed by atoms with Gasteiger partial charge < -0.3 is 24.1 Å². The molecule has 146 valence electrons. The Balaban J connectivity index is 1.87. The fraction of sp³-hybridized carbons (Fsp3) is 0.571. The van der Waals surface area contributed by atoms with Gasteiger partial charge in [0.2, 0.25) is 0 Å². The molecule has 6 heteroatoms. The number of hydrogen-bond donors (Lipinski definition) is 2. The minimum absolute atomic E-state index is 0.239. The van der Waals surface area contributed by atoms with Gasteiger partial charge in [0.25, 0.3) is 0 Å². The average Bonchev–Trinajstić information content (AvgIpc) is 3.04. The molecule has 2 heterocycles. The number of ether oxygens (including phenoxy) is 2. The molecule has 0 bridgehead atoms. The van der Waals surface area contributed by atoms with Crippen molar-refractivity contribution in [1.82, 2.24) is 0 Å². The molecule has 1 aliphatic heterocycles. The van der Waals surface area contributed by atoms with E-state index in [0.29, 0.717) is 47.5 Å². The summed E-state index contributed by atoms with van der Waals surface area (Å²) in [5.74, 6) is 1.27. The molecule has 1 aliphatic carbocycles. The van der Waals surface area contributed by atoms with E-state index in [9.17, 15) is 15.0 Å². The topological polar surface area (TPSA) is 89.1 Å². The molecule has 27 heavy (non-hydrogen) atoms. The standard InChI is InChI=1S/C21H26O6/c1-20(2,23)16-9-12-14(26-16)11-15-18(19(12)25-3)13(22)10-17(27-15)21(24)7-5-4-6-8-21/h10-11,16,23-24H,4-9H2,1-3H3. The molecular formula is C21H26O6. The molecule has 0 amide bonds. The average molecular weight is 374 g/mol. The lowest BCUT2D eigenvalue weighted by molar-refractivity contribution is -0.0230. The van der Waals surface area contributed by atoms with Crippen LogP contribution in [0.2, 0.25) is 0 Å². The van der Waals surface area contributed by atoms with Gasteiger partial charge in [-0.1, -0.05) is 19.3 Å². The monoisotopic (exact) mass is 374 g/mol. The molecule has 1 fully saturated rings. The van der Waals surface area contributed by atoms with Crippen molar-refractivity contribution in [2.45, 2.75) is 69.7 Å². The molecule has 1 saturated carbocycles. The first kappa shape index (κ1) is 18.3. The Morgan fingerprint density at radius 1 is 1.22 bits per heavy atom. The summed E-state index contributed by atoms with van der Waals surface area (Å²) in [7, 11) is 1.51. The second-order valence-corrected chi connectivity index (χ2v) is 8.29. The van der Waals surface area contributed by atoms with Crippen molar-refractivity contribution in [3.8, 4) is 11.5 Å². The second kappa shape index (κ2) is 6.24. The molecule has 1 aromatic carbocycles. The van der Waals surface area contributed by atoms with E-state index in [4.69, 9.17) is 13.9 Å². The maximum absolute atomic E-state index is 12.9. The van der Waals surface area contributed by atoms with Crippen LogP contribution < -0.4 is 14.9 Å². The second-order valence-electron chi connectivity index (χ2n) is 8.29. The number of aliphatic hydroxyl groups is 2. The molecule has 1 aromatic heterocycles. The van der Waals surface area contributed by atoms with Gasteiger partial charge in [-0.3, -0.25) is 4.79 Å². The van der Waals surface area contributed by atoms with E-state index in [1.54, 1.807) is 19.9 Å². The molecular weight excluding hydrogens is 348 g/mol. The molecule has 6 nitrogen and oxygen atoms in total. The molecule has 1 atom stereocenters. The van der Waals surface area contributed by atoms with E-state index >= 15 is 0 Å². The third-order valence-corrected chi connectivity index (χ3v) is 5.83. The predicted octanol–water partition coefficient (Wildman–Crippen LogP) is 3.03. The smallest absolute Gasteiger partial charge is 0.196 e. The van der Waals surface area contributed by atoms with Gasteiger partial charge in [0.05, 0.1) is 12.7 Å². The van der Waals surface area contributed by atoms with Crippen molar-refractivity contribution in [1.29, 1.82) is 0 Å². The van der Waals surface area contributed by atoms with Crippen molar-refractivity contribution in [2.24, 2.45) is 0 Å². The largest absolute Gasteiger partial charge is 0.495 e. The summed E-state index contributed by atoms with van der Waals surface area (Å²) >= 11 is 0. The number of methoxy groups -OCH3 is 1. The zero-order valence-corrected chi connectivity index (χ0v) is 16.0. The molecule has 1 unspecified atom stereocenters. The maximum atomic E-state index is 12.9. The van der Waals surface area contributed by atoms with Gasteiger partial charge in [-0.2, -0.15) is 0 Å². The van der Waals surface area contributed by atoms with Crippen LogP contribution in [0.1, 0.15) is 57.3 Å². The van der Waals surface area contributed by atoms with Gasteiger partial charge in [-0.05, 0) is 26.7 Å². The van der Waals surface area contributed by atoms with Crippen LogP contribution in [0.15, 0.2) is 21.3 Å². The normalized spacial score (nSPS) is 21.7. The highest BCUT2D eigenvalue weighted by molar-refractivity contribution is 5.87. The molecule has 2 N–H and O–H groups in total. The fourth-order valence-electron chi connectivity index (χ4n) is 4.22. The van der Waals surface area contributed by atoms with Gasteiger partial charge in [-0.15, -0.1) is 0 Å². The Kier molecular flexibility index (Phi) is 4.24. The zero-order chi connectivity index (χ0) is 19.4. The minimum Gasteiger partial charge on any atom is -0.495 e. The summed E-state index contributed by atoms with van der Waals surface area (Å²) in [5.41, 5.74) is -1.28. The summed E-state index contributed by atoms with van der Waals surface area (Å²) in [4.78, 5) is 12.9. The van der Waals surface area contributed by atoms with E-state index in [-0.39, 0.29) is 5.43 Å². The molecule has 2 aliphatic rings. The van der Waals surface area contributed by atoms with Crippen LogP contribution in [0.5, 0.6) is 11.5 Å². The van der Waals surface area contributed by atoms with Crippen LogP contribution in [0.25, 0.3) is 11.0 Å². The van der Waals surface area contributed by atoms with Crippen molar-refractivity contribution >= 4 is 11.0 Å². The van der Waals surface area contributed by atoms with Crippen molar-refractivity contribution in [3.05, 3.63) is 33.7 Å². The zero-order valence-electron chi connectivity index (χ0n) is 16.0. The first-order valence-electron chi connectivity index (χ1n) is 9.52. The lowest BCUT2D eigenvalue weighted by Gasteiger charge is -2.30. The van der Waals surface area contributed by atoms with Crippen molar-refractivity contribution in [2.75, 3.05) is 7.11 Å². The van der Waals surface area contributed by atoms with Crippen molar-refractivity contribution in [3.63, 3.8) is 0 Å². The third kappa shape index (κ3) is 3.01. The van der Waals surface area contributed by atoms with Crippen LogP contribution in [-0.4, -0.2) is 29.0 Å². The van der Waals surface area contributed by atoms with Gasteiger partial charge in [0.1, 0.15) is 39.9 Å². The predicted molar refractivity (Wildman–Crippen MR) is 100 cm³/mol. The van der Waals surface area contributed by atoms with E-state index in [1.807, 2.05) is 0 Å². The van der Waals surface area contributed by atoms with E-state index in [2.05, 4.69) is 0 Å². The molecule has 2 aromatic rings. The van der Waals surface area contributed by atoms with Crippen LogP contribution >= 0.6 is 0 Å². The lowest BCUT2D eigenvalue weighted by Crippen LogP contribution is -2.39. The van der Waals surface area contributed by atoms with Crippen molar-refractivity contribution < 1.29 is 24.1 Å². The molecule has 4 rings (SSSR count). The summed E-state index contributed by atoms with van der Waals surface area (Å²) in [6, 6.07) is 3.07. The van der Waals surface area contributed by atoms with Gasteiger partial charge in [0, 0.05) is 24.1 Å². The number of rotatable bonds is 3. The number of benzene rings is 1. The van der Waals surface area contributed by atoms with Crippen LogP contribution in [-0.2, 0) is 12.0 Å². The quantitative estimate of drug-likeness (QED) is 0.858. The highest BCUT2D eigenvalue weighted by atomic mass is 16.5. The minimum atomic E-state index is -1.10. The van der Waals surface area contributed by atoms with Gasteiger partial charge in [-0.25, -0.2) is 0 Å². The van der Waals surface area contributed by atoms with E-state index in [1.165, 1.54) is 13.2 Å². The lowest BCUT2D eigenvalue weighted by atomic mass is 9.83. The van der Waals surface area contributed by atoms with Crippen LogP contribution in [0.4, 0.5) is 0 Å². The van der Waals surface area contributed by atoms with E-state index < -0.39 is 17.3 Å². The SMILES string of the molecule is COc1c2c(cc3oc(C4(O)CCCCC4)cc(=O)c13)OC(C(C)(C)O)C2. The Morgan fingerprint density at radius 2 is 1.93 bits per heavy atom. The Labute approximate surface area is 157 Å². The highest BCUT2D eigenvalue weighted by Crippen LogP contribution is 2.44. The van der Waals surface area contributed by atoms with Gasteiger partial charge in [0.15, 0.2) is 5.43 Å². The Bertz CT molecular complexity index is 930. The first-order chi connectivity index (χ1) is 12.7.